The van der Waals surface area contributed by atoms with E-state index in [2.05, 4.69) is 5.32 Å². The largest absolute Gasteiger partial charge is 0.504 e. The Hall–Kier alpha value is -2.24. The zero-order valence-electron chi connectivity index (χ0n) is 9.38. The molecule has 1 rings (SSSR count). The van der Waals surface area contributed by atoms with E-state index in [1.165, 1.54) is 19.1 Å². The molecule has 1 amide bonds. The van der Waals surface area contributed by atoms with Crippen molar-refractivity contribution in [2.75, 3.05) is 6.54 Å². The summed E-state index contributed by atoms with van der Waals surface area (Å²) < 4.78 is 0. The van der Waals surface area contributed by atoms with Gasteiger partial charge in [0.2, 0.25) is 5.91 Å². The molecule has 0 fully saturated rings. The Balaban J connectivity index is 0.000000770. The highest BCUT2D eigenvalue weighted by Gasteiger charge is 2.00. The van der Waals surface area contributed by atoms with Gasteiger partial charge in [-0.15, -0.1) is 0 Å². The fourth-order valence-electron chi connectivity index (χ4n) is 1.11. The first-order chi connectivity index (χ1) is 8.01. The molecule has 0 aromatic heterocycles. The maximum Gasteiger partial charge on any atom is 0.290 e. The Morgan fingerprint density at radius 1 is 1.35 bits per heavy atom. The molecular weight excluding hydrogens is 226 g/mol. The number of hydrogen-bond acceptors (Lipinski definition) is 4. The summed E-state index contributed by atoms with van der Waals surface area (Å²) in [4.78, 5) is 18.9. The molecule has 0 atom stereocenters. The SMILES string of the molecule is CC(=O)NCCc1ccc(O)c(O)c1.O=CO. The van der Waals surface area contributed by atoms with Gasteiger partial charge >= 0.3 is 0 Å². The number of phenols is 2. The summed E-state index contributed by atoms with van der Waals surface area (Å²) in [6.07, 6.45) is 0.632. The standard InChI is InChI=1S/C10H13NO3.CH2O2/c1-7(12)11-5-4-8-2-3-9(13)10(14)6-8;2-1-3/h2-3,6,13-14H,4-5H2,1H3,(H,11,12);1H,(H,2,3). The van der Waals surface area contributed by atoms with Crippen LogP contribution >= 0.6 is 0 Å². The maximum absolute atomic E-state index is 10.6. The Labute approximate surface area is 98.5 Å². The van der Waals surface area contributed by atoms with E-state index in [1.54, 1.807) is 6.07 Å². The lowest BCUT2D eigenvalue weighted by molar-refractivity contribution is -0.123. The number of amides is 1. The van der Waals surface area contributed by atoms with Gasteiger partial charge in [0, 0.05) is 13.5 Å². The van der Waals surface area contributed by atoms with Gasteiger partial charge in [-0.25, -0.2) is 0 Å². The van der Waals surface area contributed by atoms with E-state index in [9.17, 15) is 9.90 Å². The van der Waals surface area contributed by atoms with Crippen LogP contribution in [-0.2, 0) is 16.0 Å². The van der Waals surface area contributed by atoms with Crippen LogP contribution in [0.1, 0.15) is 12.5 Å². The predicted molar refractivity (Wildman–Crippen MR) is 60.9 cm³/mol. The molecule has 94 valence electrons. The van der Waals surface area contributed by atoms with Crippen molar-refractivity contribution < 1.29 is 24.9 Å². The minimum absolute atomic E-state index is 0.0759. The molecular formula is C11H15NO5. The normalized spacial score (nSPS) is 8.76. The number of benzene rings is 1. The Kier molecular flexibility index (Phi) is 6.92. The molecule has 0 heterocycles. The van der Waals surface area contributed by atoms with Crippen LogP contribution < -0.4 is 5.32 Å². The molecule has 17 heavy (non-hydrogen) atoms. The molecule has 4 N–H and O–H groups in total. The van der Waals surface area contributed by atoms with Gasteiger partial charge in [0.1, 0.15) is 0 Å². The molecule has 6 heteroatoms. The fraction of sp³-hybridized carbons (Fsp3) is 0.273. The third-order valence-electron chi connectivity index (χ3n) is 1.83. The lowest BCUT2D eigenvalue weighted by atomic mass is 10.1. The minimum atomic E-state index is -0.250. The monoisotopic (exact) mass is 241 g/mol. The van der Waals surface area contributed by atoms with Crippen LogP contribution in [0.3, 0.4) is 0 Å². The van der Waals surface area contributed by atoms with E-state index in [0.29, 0.717) is 13.0 Å². The Morgan fingerprint density at radius 3 is 2.41 bits per heavy atom. The van der Waals surface area contributed by atoms with Crippen molar-refractivity contribution in [1.82, 2.24) is 5.32 Å². The Bertz CT molecular complexity index is 378. The topological polar surface area (TPSA) is 107 Å². The third kappa shape index (κ3) is 6.77. The van der Waals surface area contributed by atoms with Crippen molar-refractivity contribution in [3.8, 4) is 11.5 Å². The average molecular weight is 241 g/mol. The van der Waals surface area contributed by atoms with Gasteiger partial charge in [-0.3, -0.25) is 9.59 Å². The van der Waals surface area contributed by atoms with Gasteiger partial charge < -0.3 is 20.6 Å². The summed E-state index contributed by atoms with van der Waals surface area (Å²) in [6.45, 7) is 1.73. The van der Waals surface area contributed by atoms with Crippen LogP contribution in [0.2, 0.25) is 0 Å². The number of hydrogen-bond donors (Lipinski definition) is 4. The number of carbonyl (C=O) groups excluding carboxylic acids is 1. The minimum Gasteiger partial charge on any atom is -0.504 e. The lowest BCUT2D eigenvalue weighted by Gasteiger charge is -2.04. The molecule has 1 aromatic rings. The van der Waals surface area contributed by atoms with Crippen molar-refractivity contribution in [2.24, 2.45) is 0 Å². The van der Waals surface area contributed by atoms with Crippen LogP contribution in [0.4, 0.5) is 0 Å². The second kappa shape index (κ2) is 7.98. The number of rotatable bonds is 3. The smallest absolute Gasteiger partial charge is 0.290 e. The van der Waals surface area contributed by atoms with Gasteiger partial charge in [-0.05, 0) is 24.1 Å². The third-order valence-corrected chi connectivity index (χ3v) is 1.83. The summed E-state index contributed by atoms with van der Waals surface area (Å²) in [5, 5.41) is 27.7. The molecule has 0 radical (unpaired) electrons. The first-order valence-corrected chi connectivity index (χ1v) is 4.84. The first kappa shape index (κ1) is 14.8. The molecule has 0 aliphatic heterocycles. The molecule has 0 aliphatic carbocycles. The van der Waals surface area contributed by atoms with Crippen molar-refractivity contribution >= 4 is 12.4 Å². The predicted octanol–water partition coefficient (Wildman–Crippen LogP) is 0.477. The van der Waals surface area contributed by atoms with Crippen LogP contribution in [0, 0.1) is 0 Å². The van der Waals surface area contributed by atoms with Gasteiger partial charge in [-0.2, -0.15) is 0 Å². The van der Waals surface area contributed by atoms with E-state index >= 15 is 0 Å². The number of aromatic hydroxyl groups is 2. The molecule has 1 aromatic carbocycles. The summed E-state index contributed by atoms with van der Waals surface area (Å²) in [6, 6.07) is 4.62. The fourth-order valence-corrected chi connectivity index (χ4v) is 1.11. The van der Waals surface area contributed by atoms with Gasteiger partial charge in [0.25, 0.3) is 6.47 Å². The van der Waals surface area contributed by atoms with E-state index in [-0.39, 0.29) is 23.9 Å². The highest BCUT2D eigenvalue weighted by molar-refractivity contribution is 5.72. The molecule has 0 aliphatic rings. The lowest BCUT2D eigenvalue weighted by Crippen LogP contribution is -2.22. The summed E-state index contributed by atoms with van der Waals surface area (Å²) >= 11 is 0. The van der Waals surface area contributed by atoms with E-state index in [0.717, 1.165) is 5.56 Å². The molecule has 0 unspecified atom stereocenters. The Morgan fingerprint density at radius 2 is 1.94 bits per heavy atom. The second-order valence-corrected chi connectivity index (χ2v) is 3.16. The van der Waals surface area contributed by atoms with E-state index in [1.807, 2.05) is 0 Å². The number of carboxylic acid groups (broad SMARTS) is 1. The van der Waals surface area contributed by atoms with E-state index < -0.39 is 0 Å². The van der Waals surface area contributed by atoms with Crippen molar-refractivity contribution in [3.05, 3.63) is 23.8 Å². The van der Waals surface area contributed by atoms with Crippen molar-refractivity contribution in [1.29, 1.82) is 0 Å². The molecule has 6 nitrogen and oxygen atoms in total. The summed E-state index contributed by atoms with van der Waals surface area (Å²) in [5.41, 5.74) is 0.869. The molecule has 0 bridgehead atoms. The zero-order chi connectivity index (χ0) is 13.3. The quantitative estimate of drug-likeness (QED) is 0.455. The van der Waals surface area contributed by atoms with Gasteiger partial charge in [0.05, 0.1) is 0 Å². The maximum atomic E-state index is 10.6. The van der Waals surface area contributed by atoms with Crippen molar-refractivity contribution in [3.63, 3.8) is 0 Å². The molecule has 0 spiro atoms. The number of phenolic OH excluding ortho intramolecular Hbond substituents is 2. The van der Waals surface area contributed by atoms with E-state index in [4.69, 9.17) is 15.0 Å². The first-order valence-electron chi connectivity index (χ1n) is 4.84. The summed E-state index contributed by atoms with van der Waals surface area (Å²) in [5.74, 6) is -0.341. The summed E-state index contributed by atoms with van der Waals surface area (Å²) in [7, 11) is 0. The highest BCUT2D eigenvalue weighted by atomic mass is 16.3. The van der Waals surface area contributed by atoms with Crippen LogP contribution in [0.5, 0.6) is 11.5 Å². The highest BCUT2D eigenvalue weighted by Crippen LogP contribution is 2.24. The van der Waals surface area contributed by atoms with Crippen LogP contribution in [-0.4, -0.2) is 34.2 Å². The van der Waals surface area contributed by atoms with Gasteiger partial charge in [-0.1, -0.05) is 6.07 Å². The van der Waals surface area contributed by atoms with Gasteiger partial charge in [0.15, 0.2) is 11.5 Å². The zero-order valence-corrected chi connectivity index (χ0v) is 9.38. The molecule has 0 saturated heterocycles. The average Bonchev–Trinajstić information content (AvgIpc) is 2.24. The number of carbonyl (C=O) groups is 2. The van der Waals surface area contributed by atoms with Crippen LogP contribution in [0.25, 0.3) is 0 Å². The molecule has 0 saturated carbocycles. The van der Waals surface area contributed by atoms with Crippen LogP contribution in [0.15, 0.2) is 18.2 Å². The second-order valence-electron chi connectivity index (χ2n) is 3.16. The van der Waals surface area contributed by atoms with Crippen molar-refractivity contribution in [2.45, 2.75) is 13.3 Å². The number of nitrogens with one attached hydrogen (secondary N) is 1.